The normalized spacial score (nSPS) is 11.7. The van der Waals surface area contributed by atoms with Crippen LogP contribution in [0.3, 0.4) is 0 Å². The molecule has 0 unspecified atom stereocenters. The number of hydrogen-bond acceptors (Lipinski definition) is 3. The Bertz CT molecular complexity index is 249. The van der Waals surface area contributed by atoms with Crippen molar-refractivity contribution in [2.24, 2.45) is 0 Å². The van der Waals surface area contributed by atoms with Crippen molar-refractivity contribution in [2.45, 2.75) is 44.4 Å². The summed E-state index contributed by atoms with van der Waals surface area (Å²) in [5, 5.41) is 0. The van der Waals surface area contributed by atoms with E-state index in [1.165, 1.54) is 18.9 Å². The lowest BCUT2D eigenvalue weighted by atomic mass is 10.4. The molecular weight excluding hydrogens is 249 g/mol. The van der Waals surface area contributed by atoms with E-state index in [2.05, 4.69) is 20.0 Å². The lowest BCUT2D eigenvalue weighted by Gasteiger charge is -2.08. The first-order valence-electron chi connectivity index (χ1n) is 4.33. The lowest BCUT2D eigenvalue weighted by molar-refractivity contribution is -0.0517. The highest BCUT2D eigenvalue weighted by Gasteiger charge is 2.36. The van der Waals surface area contributed by atoms with Gasteiger partial charge in [0.25, 0.3) is 0 Å². The van der Waals surface area contributed by atoms with E-state index in [9.17, 15) is 13.2 Å². The summed E-state index contributed by atoms with van der Waals surface area (Å²) < 4.78 is 58.9. The van der Waals surface area contributed by atoms with Crippen LogP contribution >= 0.6 is 0 Å². The molecule has 0 aliphatic heterocycles. The first-order chi connectivity index (χ1) is 6.52. The molecule has 0 N–H and O–H groups in total. The highest BCUT2D eigenvalue weighted by atomic mass is 32.2. The van der Waals surface area contributed by atoms with Gasteiger partial charge in [-0.05, 0) is 6.42 Å². The molecular formula is C7H15F3O3SSi. The van der Waals surface area contributed by atoms with Crippen LogP contribution in [0.5, 0.6) is 0 Å². The maximum absolute atomic E-state index is 10.7. The van der Waals surface area contributed by atoms with Gasteiger partial charge in [0.1, 0.15) is 0 Å². The molecule has 92 valence electrons. The number of halogens is 3. The van der Waals surface area contributed by atoms with Crippen molar-refractivity contribution in [3.8, 4) is 0 Å². The zero-order valence-corrected chi connectivity index (χ0v) is 10.7. The van der Waals surface area contributed by atoms with Crippen LogP contribution < -0.4 is 0 Å². The van der Waals surface area contributed by atoms with Gasteiger partial charge in [0, 0.05) is 0 Å². The molecule has 0 aromatic carbocycles. The van der Waals surface area contributed by atoms with Crippen molar-refractivity contribution in [2.75, 3.05) is 0 Å². The van der Waals surface area contributed by atoms with E-state index >= 15 is 0 Å². The van der Waals surface area contributed by atoms with Crippen LogP contribution in [0.4, 0.5) is 13.2 Å². The number of hydrogen-bond donors (Lipinski definition) is 0. The van der Waals surface area contributed by atoms with Gasteiger partial charge < -0.3 is 4.55 Å². The third-order valence-electron chi connectivity index (χ3n) is 1.31. The fraction of sp³-hybridized carbons (Fsp3) is 1.00. The average molecular weight is 264 g/mol. The van der Waals surface area contributed by atoms with Crippen molar-refractivity contribution in [1.29, 1.82) is 0 Å². The van der Waals surface area contributed by atoms with E-state index in [1.54, 1.807) is 0 Å². The molecule has 15 heavy (non-hydrogen) atoms. The summed E-state index contributed by atoms with van der Waals surface area (Å²) in [5.41, 5.74) is -5.65. The van der Waals surface area contributed by atoms with Crippen LogP contribution in [0.1, 0.15) is 19.8 Å². The molecule has 0 saturated carbocycles. The Morgan fingerprint density at radius 2 is 1.60 bits per heavy atom. The van der Waals surface area contributed by atoms with E-state index in [0.29, 0.717) is 0 Å². The smallest absolute Gasteiger partial charge is 0.485 e. The fourth-order valence-corrected chi connectivity index (χ4v) is 1.59. The zero-order chi connectivity index (χ0) is 12.7. The van der Waals surface area contributed by atoms with E-state index in [4.69, 9.17) is 13.0 Å². The summed E-state index contributed by atoms with van der Waals surface area (Å²) in [5.74, 6) is 0. The minimum Gasteiger partial charge on any atom is -0.741 e. The minimum absolute atomic E-state index is 0.103. The molecule has 0 spiro atoms. The van der Waals surface area contributed by atoms with Gasteiger partial charge in [-0.3, -0.25) is 0 Å². The Labute approximate surface area is 90.0 Å². The first kappa shape index (κ1) is 17.3. The van der Waals surface area contributed by atoms with Gasteiger partial charge in [-0.15, -0.1) is 0 Å². The number of alkyl halides is 3. The van der Waals surface area contributed by atoms with Gasteiger partial charge in [0.15, 0.2) is 10.1 Å². The topological polar surface area (TPSA) is 57.2 Å². The molecule has 0 bridgehead atoms. The molecule has 0 saturated heterocycles. The Kier molecular flexibility index (Phi) is 8.35. The van der Waals surface area contributed by atoms with E-state index in [-0.39, 0.29) is 8.80 Å². The Morgan fingerprint density at radius 1 is 1.27 bits per heavy atom. The second-order valence-electron chi connectivity index (χ2n) is 3.21. The highest BCUT2D eigenvalue weighted by molar-refractivity contribution is 7.86. The molecule has 0 heterocycles. The molecule has 0 amide bonds. The number of unbranched alkanes of at least 4 members (excludes halogenated alkanes) is 1. The molecule has 0 radical (unpaired) electrons. The summed E-state index contributed by atoms with van der Waals surface area (Å²) in [6.07, 6.45) is 2.82. The van der Waals surface area contributed by atoms with Gasteiger partial charge in [0.05, 0.1) is 19.1 Å². The second-order valence-corrected chi connectivity index (χ2v) is 7.50. The van der Waals surface area contributed by atoms with Crippen LogP contribution in [0.25, 0.3) is 0 Å². The average Bonchev–Trinajstić information content (AvgIpc) is 1.98. The molecule has 0 aromatic heterocycles. The second kappa shape index (κ2) is 7.23. The first-order valence-corrected chi connectivity index (χ1v) is 8.45. The fourth-order valence-electron chi connectivity index (χ4n) is 0.530. The van der Waals surface area contributed by atoms with Crippen LogP contribution in [0.15, 0.2) is 0 Å². The summed E-state index contributed by atoms with van der Waals surface area (Å²) in [7, 11) is -5.99. The predicted octanol–water partition coefficient (Wildman–Crippen LogP) is 2.59. The Morgan fingerprint density at radius 3 is 1.67 bits per heavy atom. The quantitative estimate of drug-likeness (QED) is 0.447. The van der Waals surface area contributed by atoms with Crippen molar-refractivity contribution in [1.82, 2.24) is 0 Å². The van der Waals surface area contributed by atoms with Crippen LogP contribution in [-0.4, -0.2) is 27.3 Å². The molecule has 0 atom stereocenters. The summed E-state index contributed by atoms with van der Waals surface area (Å²) in [4.78, 5) is 0. The highest BCUT2D eigenvalue weighted by Crippen LogP contribution is 2.20. The van der Waals surface area contributed by atoms with E-state index in [1.807, 2.05) is 0 Å². The summed E-state index contributed by atoms with van der Waals surface area (Å²) in [6, 6.07) is 1.50. The molecule has 0 fully saturated rings. The van der Waals surface area contributed by atoms with Gasteiger partial charge >= 0.3 is 14.3 Å². The molecule has 0 aromatic rings. The molecule has 3 nitrogen and oxygen atoms in total. The third-order valence-corrected chi connectivity index (χ3v) is 3.23. The Balaban J connectivity index is 0. The Hall–Kier alpha value is -0.0831. The molecule has 0 rings (SSSR count). The maximum atomic E-state index is 10.7. The zero-order valence-electron chi connectivity index (χ0n) is 8.89. The monoisotopic (exact) mass is 264 g/mol. The summed E-state index contributed by atoms with van der Waals surface area (Å²) in [6.45, 7) is 7.01. The van der Waals surface area contributed by atoms with Gasteiger partial charge in [-0.25, -0.2) is 8.42 Å². The third kappa shape index (κ3) is 11.8. The van der Waals surface area contributed by atoms with Gasteiger partial charge in [-0.1, -0.05) is 13.3 Å². The predicted molar refractivity (Wildman–Crippen MR) is 52.9 cm³/mol. The number of rotatable bonds is 3. The standard InChI is InChI=1S/C6H15Si.CHF3O3S/c1-4-5-6-7(2)3;2-1(3,4)8(5,6)7/h4-6H2,1-3H3;(H,5,6,7)/q+1;/p-1. The van der Waals surface area contributed by atoms with Gasteiger partial charge in [0.2, 0.25) is 0 Å². The van der Waals surface area contributed by atoms with Crippen LogP contribution in [-0.2, 0) is 10.1 Å². The molecule has 8 heteroatoms. The molecule has 0 aliphatic rings. The maximum Gasteiger partial charge on any atom is 0.485 e. The van der Waals surface area contributed by atoms with Gasteiger partial charge in [-0.2, -0.15) is 13.2 Å². The van der Waals surface area contributed by atoms with Crippen molar-refractivity contribution >= 4 is 18.9 Å². The van der Waals surface area contributed by atoms with Crippen LogP contribution in [0.2, 0.25) is 19.1 Å². The largest absolute Gasteiger partial charge is 0.741 e. The summed E-state index contributed by atoms with van der Waals surface area (Å²) >= 11 is 0. The minimum atomic E-state index is -6.09. The van der Waals surface area contributed by atoms with E-state index in [0.717, 1.165) is 0 Å². The van der Waals surface area contributed by atoms with Crippen molar-refractivity contribution in [3.63, 3.8) is 0 Å². The van der Waals surface area contributed by atoms with E-state index < -0.39 is 15.6 Å². The van der Waals surface area contributed by atoms with Crippen molar-refractivity contribution in [3.05, 3.63) is 0 Å². The SMILES string of the molecule is CCCC[Si+](C)C.O=S(=O)([O-])C(F)(F)F. The van der Waals surface area contributed by atoms with Crippen LogP contribution in [0, 0.1) is 0 Å². The van der Waals surface area contributed by atoms with Crippen molar-refractivity contribution < 1.29 is 26.1 Å². The lowest BCUT2D eigenvalue weighted by Crippen LogP contribution is -2.21. The molecule has 0 aliphatic carbocycles.